The van der Waals surface area contributed by atoms with Crippen LogP contribution in [0.5, 0.6) is 5.75 Å². The molecule has 0 radical (unpaired) electrons. The first kappa shape index (κ1) is 17.8. The summed E-state index contributed by atoms with van der Waals surface area (Å²) in [6.07, 6.45) is 1.62. The summed E-state index contributed by atoms with van der Waals surface area (Å²) < 4.78 is 6.44. The van der Waals surface area contributed by atoms with Gasteiger partial charge >= 0.3 is 0 Å². The number of aromatic hydroxyl groups is 1. The Morgan fingerprint density at radius 2 is 1.96 bits per heavy atom. The molecule has 27 heavy (non-hydrogen) atoms. The molecular weight excluding hydrogens is 428 g/mol. The van der Waals surface area contributed by atoms with Crippen LogP contribution in [0.2, 0.25) is 5.02 Å². The zero-order valence-corrected chi connectivity index (χ0v) is 16.6. The topological polar surface area (TPSA) is 58.6 Å². The van der Waals surface area contributed by atoms with Crippen molar-refractivity contribution in [1.29, 1.82) is 0 Å². The third kappa shape index (κ3) is 3.61. The average Bonchev–Trinajstić information content (AvgIpc) is 3.08. The van der Waals surface area contributed by atoms with Crippen molar-refractivity contribution in [3.8, 4) is 17.2 Å². The molecule has 0 unspecified atom stereocenters. The van der Waals surface area contributed by atoms with Crippen LogP contribution in [-0.2, 0) is 0 Å². The van der Waals surface area contributed by atoms with Gasteiger partial charge in [0.1, 0.15) is 11.3 Å². The molecule has 0 aliphatic carbocycles. The number of fused-ring (bicyclic) bond motifs is 1. The van der Waals surface area contributed by atoms with Gasteiger partial charge in [-0.2, -0.15) is 0 Å². The highest BCUT2D eigenvalue weighted by atomic mass is 79.9. The smallest absolute Gasteiger partial charge is 0.228 e. The van der Waals surface area contributed by atoms with Gasteiger partial charge in [0.2, 0.25) is 5.89 Å². The van der Waals surface area contributed by atoms with Gasteiger partial charge in [-0.1, -0.05) is 23.7 Å². The number of phenols is 1. The Hall–Kier alpha value is -2.63. The largest absolute Gasteiger partial charge is 0.506 e. The number of oxazole rings is 1. The van der Waals surface area contributed by atoms with Crippen LogP contribution in [0.3, 0.4) is 0 Å². The fourth-order valence-corrected chi connectivity index (χ4v) is 3.54. The molecule has 0 amide bonds. The van der Waals surface area contributed by atoms with E-state index in [9.17, 15) is 5.11 Å². The highest BCUT2D eigenvalue weighted by Gasteiger charge is 2.12. The van der Waals surface area contributed by atoms with Crippen molar-refractivity contribution in [2.24, 2.45) is 4.99 Å². The van der Waals surface area contributed by atoms with E-state index in [1.54, 1.807) is 18.3 Å². The molecule has 4 aromatic rings. The van der Waals surface area contributed by atoms with Gasteiger partial charge in [0.05, 0.1) is 20.7 Å². The van der Waals surface area contributed by atoms with Crippen LogP contribution in [-0.4, -0.2) is 16.3 Å². The number of rotatable bonds is 3. The lowest BCUT2D eigenvalue weighted by Gasteiger charge is -2.04. The lowest BCUT2D eigenvalue weighted by molar-refractivity contribution is 0.471. The summed E-state index contributed by atoms with van der Waals surface area (Å²) in [7, 11) is 0. The van der Waals surface area contributed by atoms with Crippen LogP contribution < -0.4 is 0 Å². The Morgan fingerprint density at radius 3 is 2.78 bits per heavy atom. The summed E-state index contributed by atoms with van der Waals surface area (Å²) in [4.78, 5) is 8.96. The minimum atomic E-state index is 0.150. The van der Waals surface area contributed by atoms with E-state index in [0.717, 1.165) is 11.1 Å². The van der Waals surface area contributed by atoms with Crippen LogP contribution >= 0.6 is 27.5 Å². The minimum Gasteiger partial charge on any atom is -0.506 e. The molecule has 4 rings (SSSR count). The maximum atomic E-state index is 10.2. The predicted molar refractivity (Wildman–Crippen MR) is 112 cm³/mol. The Balaban J connectivity index is 1.72. The predicted octanol–water partition coefficient (Wildman–Crippen LogP) is 6.68. The first-order valence-corrected chi connectivity index (χ1v) is 9.37. The SMILES string of the molecule is Cc1cc(Br)c(O)c(C=Nc2ccc(Cl)c(-c3nc4ccccc4o3)c2)c1. The van der Waals surface area contributed by atoms with Gasteiger partial charge < -0.3 is 9.52 Å². The van der Waals surface area contributed by atoms with Crippen LogP contribution in [0.15, 0.2) is 68.5 Å². The molecule has 1 aromatic heterocycles. The number of aliphatic imine (C=N–C) groups is 1. The monoisotopic (exact) mass is 440 g/mol. The van der Waals surface area contributed by atoms with Crippen LogP contribution in [0.25, 0.3) is 22.6 Å². The number of aromatic nitrogens is 1. The Morgan fingerprint density at radius 1 is 1.15 bits per heavy atom. The number of hydrogen-bond donors (Lipinski definition) is 1. The summed E-state index contributed by atoms with van der Waals surface area (Å²) >= 11 is 9.69. The number of phenolic OH excluding ortho intramolecular Hbond substituents is 1. The molecule has 1 heterocycles. The second-order valence-corrected chi connectivity index (χ2v) is 7.36. The average molecular weight is 442 g/mol. The summed E-state index contributed by atoms with van der Waals surface area (Å²) in [5.74, 6) is 0.594. The molecule has 0 aliphatic rings. The number of halogens is 2. The lowest BCUT2D eigenvalue weighted by Crippen LogP contribution is -1.86. The number of para-hydroxylation sites is 2. The van der Waals surface area contributed by atoms with Crippen LogP contribution in [0.4, 0.5) is 5.69 Å². The Bertz CT molecular complexity index is 1150. The molecule has 0 fully saturated rings. The first-order chi connectivity index (χ1) is 13.0. The normalized spacial score (nSPS) is 11.5. The molecule has 0 aliphatic heterocycles. The molecule has 0 spiro atoms. The van der Waals surface area contributed by atoms with Crippen molar-refractivity contribution in [2.45, 2.75) is 6.92 Å². The fraction of sp³-hybridized carbons (Fsp3) is 0.0476. The molecule has 1 N–H and O–H groups in total. The van der Waals surface area contributed by atoms with Crippen molar-refractivity contribution >= 4 is 50.5 Å². The quantitative estimate of drug-likeness (QED) is 0.361. The number of aryl methyl sites for hydroxylation is 1. The van der Waals surface area contributed by atoms with Gasteiger partial charge in [0.15, 0.2) is 5.58 Å². The highest BCUT2D eigenvalue weighted by Crippen LogP contribution is 2.33. The summed E-state index contributed by atoms with van der Waals surface area (Å²) in [6, 6.07) is 16.6. The second kappa shape index (κ2) is 7.18. The Kier molecular flexibility index (Phi) is 4.72. The molecule has 134 valence electrons. The number of nitrogens with zero attached hydrogens (tertiary/aromatic N) is 2. The molecular formula is C21H14BrClN2O2. The maximum absolute atomic E-state index is 10.2. The van der Waals surface area contributed by atoms with Crippen molar-refractivity contribution in [2.75, 3.05) is 0 Å². The molecule has 6 heteroatoms. The van der Waals surface area contributed by atoms with Crippen molar-refractivity contribution in [3.05, 3.63) is 75.2 Å². The Labute approximate surface area is 169 Å². The molecule has 3 aromatic carbocycles. The molecule has 0 saturated carbocycles. The second-order valence-electron chi connectivity index (χ2n) is 6.09. The van der Waals surface area contributed by atoms with E-state index in [1.807, 2.05) is 49.4 Å². The van der Waals surface area contributed by atoms with E-state index in [2.05, 4.69) is 25.9 Å². The zero-order chi connectivity index (χ0) is 19.0. The summed E-state index contributed by atoms with van der Waals surface area (Å²) in [5.41, 5.74) is 4.45. The van der Waals surface area contributed by atoms with Crippen molar-refractivity contribution in [1.82, 2.24) is 4.98 Å². The van der Waals surface area contributed by atoms with Gasteiger partial charge in [0.25, 0.3) is 0 Å². The first-order valence-electron chi connectivity index (χ1n) is 8.20. The highest BCUT2D eigenvalue weighted by molar-refractivity contribution is 9.10. The summed E-state index contributed by atoms with van der Waals surface area (Å²) in [5, 5.41) is 10.7. The standard InChI is InChI=1S/C21H14BrClN2O2/c1-12-8-13(20(26)16(22)9-12)11-24-14-6-7-17(23)15(10-14)21-25-18-4-2-3-5-19(18)27-21/h2-11,26H,1H3. The fourth-order valence-electron chi connectivity index (χ4n) is 2.75. The third-order valence-corrected chi connectivity index (χ3v) is 5.00. The minimum absolute atomic E-state index is 0.150. The third-order valence-electron chi connectivity index (χ3n) is 4.06. The molecule has 0 saturated heterocycles. The van der Waals surface area contributed by atoms with E-state index >= 15 is 0 Å². The molecule has 0 atom stereocenters. The van der Waals surface area contributed by atoms with E-state index < -0.39 is 0 Å². The number of benzene rings is 3. The number of hydrogen-bond acceptors (Lipinski definition) is 4. The van der Waals surface area contributed by atoms with E-state index in [-0.39, 0.29) is 5.75 Å². The van der Waals surface area contributed by atoms with Gasteiger partial charge in [-0.15, -0.1) is 0 Å². The molecule has 4 nitrogen and oxygen atoms in total. The summed E-state index contributed by atoms with van der Waals surface area (Å²) in [6.45, 7) is 1.95. The van der Waals surface area contributed by atoms with Crippen LogP contribution in [0.1, 0.15) is 11.1 Å². The van der Waals surface area contributed by atoms with E-state index in [1.165, 1.54) is 0 Å². The van der Waals surface area contributed by atoms with Crippen LogP contribution in [0, 0.1) is 6.92 Å². The van der Waals surface area contributed by atoms with Gasteiger partial charge in [-0.3, -0.25) is 4.99 Å². The van der Waals surface area contributed by atoms with Gasteiger partial charge in [-0.05, 0) is 70.9 Å². The van der Waals surface area contributed by atoms with E-state index in [0.29, 0.717) is 37.8 Å². The van der Waals surface area contributed by atoms with E-state index in [4.69, 9.17) is 16.0 Å². The van der Waals surface area contributed by atoms with Crippen molar-refractivity contribution < 1.29 is 9.52 Å². The molecule has 0 bridgehead atoms. The van der Waals surface area contributed by atoms with Crippen molar-refractivity contribution in [3.63, 3.8) is 0 Å². The maximum Gasteiger partial charge on any atom is 0.228 e. The van der Waals surface area contributed by atoms with Gasteiger partial charge in [-0.25, -0.2) is 4.98 Å². The lowest BCUT2D eigenvalue weighted by atomic mass is 10.1. The zero-order valence-electron chi connectivity index (χ0n) is 14.3. The van der Waals surface area contributed by atoms with Gasteiger partial charge in [0, 0.05) is 11.8 Å².